The highest BCUT2D eigenvalue weighted by Gasteiger charge is 2.29. The summed E-state index contributed by atoms with van der Waals surface area (Å²) >= 11 is 0. The van der Waals surface area contributed by atoms with Crippen molar-refractivity contribution in [1.82, 2.24) is 0 Å². The van der Waals surface area contributed by atoms with Crippen molar-refractivity contribution >= 4 is 13.8 Å². The van der Waals surface area contributed by atoms with Crippen molar-refractivity contribution in [2.75, 3.05) is 13.2 Å². The molecule has 0 rings (SSSR count). The van der Waals surface area contributed by atoms with Crippen molar-refractivity contribution < 1.29 is 33.1 Å². The second kappa shape index (κ2) is 40.2. The molecule has 0 aliphatic carbocycles. The van der Waals surface area contributed by atoms with Gasteiger partial charge in [0.05, 0.1) is 6.61 Å². The fourth-order valence-electron chi connectivity index (χ4n) is 6.19. The molecule has 2 N–H and O–H groups in total. The van der Waals surface area contributed by atoms with Crippen molar-refractivity contribution in [2.45, 2.75) is 219 Å². The second-order valence-corrected chi connectivity index (χ2v) is 15.9. The van der Waals surface area contributed by atoms with E-state index in [1.165, 1.54) is 103 Å². The van der Waals surface area contributed by atoms with E-state index in [9.17, 15) is 19.1 Å². The van der Waals surface area contributed by atoms with Gasteiger partial charge in [0.1, 0.15) is 12.2 Å². The molecule has 0 saturated heterocycles. The molecule has 53 heavy (non-hydrogen) atoms. The predicted octanol–water partition coefficient (Wildman–Crippen LogP) is 14.0. The third-order valence-corrected chi connectivity index (χ3v) is 9.97. The predicted molar refractivity (Wildman–Crippen MR) is 225 cm³/mol. The second-order valence-electron chi connectivity index (χ2n) is 14.7. The molecular weight excluding hydrogens is 683 g/mol. The first-order valence-electron chi connectivity index (χ1n) is 21.9. The molecule has 0 bridgehead atoms. The summed E-state index contributed by atoms with van der Waals surface area (Å²) in [5.41, 5.74) is 0. The lowest BCUT2D eigenvalue weighted by Crippen LogP contribution is -2.37. The standard InChI is InChI=1S/C45H83O7P/c1-4-7-10-12-14-16-18-20-22-23-24-26-28-30-32-34-36-38-41-50-44(42-51-53(47,48)49)43(39-9-6-3)52-45(46)40-37-35-33-31-29-27-25-21-19-17-15-13-11-8-5-2/h14,16,20,22,24,26,30,32,43-44H,4-13,15,17-19,21,23,25,27-29,31,33-42H2,1-3H3,(H2,47,48,49)/b16-14-,22-20-,26-24-,32-30-/t43?,44-/m0/s1. The van der Waals surface area contributed by atoms with Gasteiger partial charge in [-0.3, -0.25) is 9.32 Å². The number of unbranched alkanes of at least 4 members (excludes halogenated alkanes) is 20. The van der Waals surface area contributed by atoms with Gasteiger partial charge in [0.25, 0.3) is 0 Å². The summed E-state index contributed by atoms with van der Waals surface area (Å²) in [5, 5.41) is 0. The van der Waals surface area contributed by atoms with E-state index in [0.29, 0.717) is 19.4 Å². The Morgan fingerprint density at radius 1 is 0.528 bits per heavy atom. The first-order chi connectivity index (χ1) is 25.8. The zero-order chi connectivity index (χ0) is 38.9. The molecule has 310 valence electrons. The van der Waals surface area contributed by atoms with Gasteiger partial charge >= 0.3 is 13.8 Å². The first-order valence-corrected chi connectivity index (χ1v) is 23.5. The molecule has 8 heteroatoms. The van der Waals surface area contributed by atoms with Crippen LogP contribution in [0.25, 0.3) is 0 Å². The molecular formula is C45H83O7P. The Morgan fingerprint density at radius 2 is 0.943 bits per heavy atom. The number of hydrogen-bond donors (Lipinski definition) is 2. The van der Waals surface area contributed by atoms with Crippen LogP contribution >= 0.6 is 7.82 Å². The van der Waals surface area contributed by atoms with E-state index >= 15 is 0 Å². The van der Waals surface area contributed by atoms with Crippen molar-refractivity contribution in [2.24, 2.45) is 0 Å². The number of ether oxygens (including phenoxy) is 2. The maximum atomic E-state index is 12.8. The number of rotatable bonds is 40. The smallest absolute Gasteiger partial charge is 0.459 e. The summed E-state index contributed by atoms with van der Waals surface area (Å²) in [6.45, 7) is 6.65. The molecule has 0 aromatic heterocycles. The molecule has 0 aromatic rings. The van der Waals surface area contributed by atoms with Crippen molar-refractivity contribution in [1.29, 1.82) is 0 Å². The summed E-state index contributed by atoms with van der Waals surface area (Å²) in [6.07, 6.45) is 48.7. The minimum Gasteiger partial charge on any atom is -0.459 e. The topological polar surface area (TPSA) is 102 Å². The highest BCUT2D eigenvalue weighted by Crippen LogP contribution is 2.36. The Labute approximate surface area is 327 Å². The fourth-order valence-corrected chi connectivity index (χ4v) is 6.53. The summed E-state index contributed by atoms with van der Waals surface area (Å²) in [7, 11) is -4.69. The lowest BCUT2D eigenvalue weighted by Gasteiger charge is -2.27. The number of allylic oxidation sites excluding steroid dienone is 8. The zero-order valence-corrected chi connectivity index (χ0v) is 35.5. The van der Waals surface area contributed by atoms with Crippen LogP contribution in [0.5, 0.6) is 0 Å². The quantitative estimate of drug-likeness (QED) is 0.0277. The van der Waals surface area contributed by atoms with Gasteiger partial charge in [-0.2, -0.15) is 0 Å². The van der Waals surface area contributed by atoms with Crippen LogP contribution in [-0.2, 0) is 23.4 Å². The van der Waals surface area contributed by atoms with E-state index in [2.05, 4.69) is 69.4 Å². The lowest BCUT2D eigenvalue weighted by atomic mass is 10.0. The van der Waals surface area contributed by atoms with E-state index in [4.69, 9.17) is 14.0 Å². The van der Waals surface area contributed by atoms with Crippen LogP contribution in [0.4, 0.5) is 0 Å². The fraction of sp³-hybridized carbons (Fsp3) is 0.800. The van der Waals surface area contributed by atoms with E-state index in [-0.39, 0.29) is 12.6 Å². The maximum absolute atomic E-state index is 12.8. The minimum atomic E-state index is -4.69. The lowest BCUT2D eigenvalue weighted by molar-refractivity contribution is -0.160. The van der Waals surface area contributed by atoms with Crippen LogP contribution in [-0.4, -0.2) is 41.2 Å². The van der Waals surface area contributed by atoms with E-state index < -0.39 is 20.0 Å². The monoisotopic (exact) mass is 767 g/mol. The summed E-state index contributed by atoms with van der Waals surface area (Å²) in [6, 6.07) is 0. The molecule has 0 aromatic carbocycles. The molecule has 7 nitrogen and oxygen atoms in total. The highest BCUT2D eigenvalue weighted by molar-refractivity contribution is 7.46. The normalized spacial score (nSPS) is 13.7. The van der Waals surface area contributed by atoms with Gasteiger partial charge in [0.15, 0.2) is 0 Å². The van der Waals surface area contributed by atoms with E-state index in [0.717, 1.165) is 70.6 Å². The molecule has 0 radical (unpaired) electrons. The Bertz CT molecular complexity index is 954. The summed E-state index contributed by atoms with van der Waals surface area (Å²) in [4.78, 5) is 31.5. The van der Waals surface area contributed by atoms with E-state index in [1.54, 1.807) is 0 Å². The average Bonchev–Trinajstić information content (AvgIpc) is 3.13. The molecule has 2 atom stereocenters. The van der Waals surface area contributed by atoms with Crippen LogP contribution in [0.1, 0.15) is 207 Å². The average molecular weight is 767 g/mol. The van der Waals surface area contributed by atoms with Crippen LogP contribution in [0.15, 0.2) is 48.6 Å². The van der Waals surface area contributed by atoms with Gasteiger partial charge < -0.3 is 19.3 Å². The molecule has 0 saturated carbocycles. The molecule has 0 aliphatic heterocycles. The molecule has 0 heterocycles. The largest absolute Gasteiger partial charge is 0.469 e. The van der Waals surface area contributed by atoms with Crippen molar-refractivity contribution in [3.63, 3.8) is 0 Å². The maximum Gasteiger partial charge on any atom is 0.469 e. The van der Waals surface area contributed by atoms with Gasteiger partial charge in [0, 0.05) is 13.0 Å². The molecule has 0 spiro atoms. The first kappa shape index (κ1) is 51.5. The van der Waals surface area contributed by atoms with Gasteiger partial charge in [0.2, 0.25) is 0 Å². The number of carbonyl (C=O) groups is 1. The number of esters is 1. The van der Waals surface area contributed by atoms with Gasteiger partial charge in [-0.1, -0.05) is 179 Å². The number of phosphoric acid groups is 1. The Morgan fingerprint density at radius 3 is 1.42 bits per heavy atom. The molecule has 1 unspecified atom stereocenters. The van der Waals surface area contributed by atoms with Crippen LogP contribution in [0.2, 0.25) is 0 Å². The van der Waals surface area contributed by atoms with Crippen LogP contribution in [0, 0.1) is 0 Å². The highest BCUT2D eigenvalue weighted by atomic mass is 31.2. The summed E-state index contributed by atoms with van der Waals surface area (Å²) in [5.74, 6) is -0.272. The summed E-state index contributed by atoms with van der Waals surface area (Å²) < 4.78 is 28.3. The zero-order valence-electron chi connectivity index (χ0n) is 34.6. The van der Waals surface area contributed by atoms with Gasteiger partial charge in [-0.15, -0.1) is 0 Å². The van der Waals surface area contributed by atoms with Crippen molar-refractivity contribution in [3.8, 4) is 0 Å². The Hall–Kier alpha value is -1.50. The molecule has 0 aliphatic rings. The number of hydrogen-bond acceptors (Lipinski definition) is 5. The molecule has 0 amide bonds. The number of carbonyl (C=O) groups excluding carboxylic acids is 1. The SMILES string of the molecule is CCCCC/C=C\C/C=C\C/C=C\C/C=C\CCCCO[C@@H](COP(=O)(O)O)C(CCCC)OC(=O)CCCCCCCCCCCCCCCCC. The van der Waals surface area contributed by atoms with Crippen LogP contribution < -0.4 is 0 Å². The molecule has 0 fully saturated rings. The third-order valence-electron chi connectivity index (χ3n) is 9.49. The van der Waals surface area contributed by atoms with E-state index in [1.807, 2.05) is 0 Å². The third kappa shape index (κ3) is 40.0. The van der Waals surface area contributed by atoms with Gasteiger partial charge in [-0.05, 0) is 70.6 Å². The van der Waals surface area contributed by atoms with Crippen molar-refractivity contribution in [3.05, 3.63) is 48.6 Å². The minimum absolute atomic E-state index is 0.272. The van der Waals surface area contributed by atoms with Crippen LogP contribution in [0.3, 0.4) is 0 Å². The number of phosphoric ester groups is 1. The Balaban J connectivity index is 4.35. The Kier molecular flexibility index (Phi) is 39.0. The van der Waals surface area contributed by atoms with Gasteiger partial charge in [-0.25, -0.2) is 4.57 Å².